The van der Waals surface area contributed by atoms with Gasteiger partial charge in [0, 0.05) is 0 Å². The Morgan fingerprint density at radius 3 is 2.18 bits per heavy atom. The Kier molecular flexibility index (Phi) is 4.79. The van der Waals surface area contributed by atoms with Gasteiger partial charge in [-0.25, -0.2) is 0 Å². The molecule has 0 aliphatic heterocycles. The molecule has 0 amide bonds. The maximum absolute atomic E-state index is 2.31. The van der Waals surface area contributed by atoms with E-state index in [2.05, 4.69) is 41.0 Å². The fraction of sp³-hybridized carbons (Fsp3) is 0.909. The Balaban J connectivity index is 3.28. The summed E-state index contributed by atoms with van der Waals surface area (Å²) in [5.74, 6) is 0.803. The van der Waals surface area contributed by atoms with Crippen molar-refractivity contribution in [3.05, 3.63) is 6.42 Å². The first-order chi connectivity index (χ1) is 4.95. The third-order valence-corrected chi connectivity index (χ3v) is 2.16. The van der Waals surface area contributed by atoms with E-state index in [1.807, 2.05) is 0 Å². The minimum Gasteiger partial charge on any atom is -0.0622 e. The van der Waals surface area contributed by atoms with E-state index in [1.54, 1.807) is 0 Å². The van der Waals surface area contributed by atoms with Crippen LogP contribution >= 0.6 is 0 Å². The first kappa shape index (κ1) is 11.0. The molecule has 1 unspecified atom stereocenters. The molecule has 0 aromatic carbocycles. The smallest absolute Gasteiger partial charge is 0.0383 e. The predicted octanol–water partition coefficient (Wildman–Crippen LogP) is 4.06. The molecule has 0 N–H and O–H groups in total. The number of hydrogen-bond donors (Lipinski definition) is 0. The van der Waals surface area contributed by atoms with Crippen LogP contribution in [0.2, 0.25) is 0 Å². The van der Waals surface area contributed by atoms with Crippen molar-refractivity contribution in [1.82, 2.24) is 0 Å². The molecule has 67 valence electrons. The van der Waals surface area contributed by atoms with Crippen molar-refractivity contribution in [2.75, 3.05) is 0 Å². The van der Waals surface area contributed by atoms with Crippen LogP contribution in [-0.4, -0.2) is 0 Å². The van der Waals surface area contributed by atoms with Crippen LogP contribution < -0.4 is 0 Å². The van der Waals surface area contributed by atoms with Crippen molar-refractivity contribution in [3.63, 3.8) is 0 Å². The summed E-state index contributed by atoms with van der Waals surface area (Å²) < 4.78 is 0. The lowest BCUT2D eigenvalue weighted by atomic mass is 9.88. The minimum absolute atomic E-state index is 0.521. The van der Waals surface area contributed by atoms with Gasteiger partial charge in [0.1, 0.15) is 0 Å². The van der Waals surface area contributed by atoms with Gasteiger partial charge in [-0.2, -0.15) is 0 Å². The highest BCUT2D eigenvalue weighted by molar-refractivity contribution is 4.68. The lowest BCUT2D eigenvalue weighted by molar-refractivity contribution is 0.349. The summed E-state index contributed by atoms with van der Waals surface area (Å²) in [4.78, 5) is 0. The lowest BCUT2D eigenvalue weighted by Crippen LogP contribution is -2.05. The second kappa shape index (κ2) is 4.79. The molecule has 0 aliphatic rings. The Morgan fingerprint density at radius 1 is 1.27 bits per heavy atom. The van der Waals surface area contributed by atoms with Gasteiger partial charge in [0.25, 0.3) is 0 Å². The molecule has 0 nitrogen and oxygen atoms in total. The zero-order valence-electron chi connectivity index (χ0n) is 8.78. The molecule has 0 aliphatic carbocycles. The Hall–Kier alpha value is 0. The topological polar surface area (TPSA) is 0 Å². The van der Waals surface area contributed by atoms with Gasteiger partial charge in [0.15, 0.2) is 0 Å². The average molecular weight is 155 g/mol. The predicted molar refractivity (Wildman–Crippen MR) is 52.4 cm³/mol. The highest BCUT2D eigenvalue weighted by Gasteiger charge is 2.09. The molecular weight excluding hydrogens is 132 g/mol. The van der Waals surface area contributed by atoms with Crippen LogP contribution in [0.4, 0.5) is 0 Å². The van der Waals surface area contributed by atoms with Crippen molar-refractivity contribution < 1.29 is 0 Å². The SMILES string of the molecule is C[CH]C(C)CCCC(C)(C)C. The summed E-state index contributed by atoms with van der Waals surface area (Å²) in [5, 5.41) is 0. The van der Waals surface area contributed by atoms with E-state index in [-0.39, 0.29) is 0 Å². The summed E-state index contributed by atoms with van der Waals surface area (Å²) in [6, 6.07) is 0. The van der Waals surface area contributed by atoms with E-state index in [9.17, 15) is 0 Å². The average Bonchev–Trinajstić information content (AvgIpc) is 1.85. The van der Waals surface area contributed by atoms with Gasteiger partial charge in [-0.1, -0.05) is 47.5 Å². The van der Waals surface area contributed by atoms with E-state index < -0.39 is 0 Å². The van der Waals surface area contributed by atoms with Crippen molar-refractivity contribution >= 4 is 0 Å². The molecule has 11 heavy (non-hydrogen) atoms. The molecule has 0 fully saturated rings. The van der Waals surface area contributed by atoms with Crippen LogP contribution in [0.15, 0.2) is 0 Å². The largest absolute Gasteiger partial charge is 0.0622 e. The monoisotopic (exact) mass is 155 g/mol. The van der Waals surface area contributed by atoms with Crippen molar-refractivity contribution in [3.8, 4) is 0 Å². The van der Waals surface area contributed by atoms with E-state index in [0.717, 1.165) is 5.92 Å². The van der Waals surface area contributed by atoms with E-state index in [0.29, 0.717) is 5.41 Å². The molecule has 1 atom stereocenters. The van der Waals surface area contributed by atoms with Crippen molar-refractivity contribution in [2.45, 2.75) is 53.9 Å². The van der Waals surface area contributed by atoms with Crippen LogP contribution in [0, 0.1) is 17.8 Å². The minimum atomic E-state index is 0.521. The fourth-order valence-electron chi connectivity index (χ4n) is 1.12. The van der Waals surface area contributed by atoms with E-state index >= 15 is 0 Å². The summed E-state index contributed by atoms with van der Waals surface area (Å²) in [6.45, 7) is 11.4. The Labute approximate surface area is 72.4 Å². The van der Waals surface area contributed by atoms with E-state index in [4.69, 9.17) is 0 Å². The molecule has 0 saturated heterocycles. The second-order valence-electron chi connectivity index (χ2n) is 4.76. The first-order valence-electron chi connectivity index (χ1n) is 4.75. The van der Waals surface area contributed by atoms with Gasteiger partial charge in [0.2, 0.25) is 0 Å². The van der Waals surface area contributed by atoms with E-state index in [1.165, 1.54) is 19.3 Å². The highest BCUT2D eigenvalue weighted by Crippen LogP contribution is 2.23. The molecule has 1 radical (unpaired) electrons. The summed E-state index contributed by atoms with van der Waals surface area (Å²) in [7, 11) is 0. The fourth-order valence-corrected chi connectivity index (χ4v) is 1.12. The highest BCUT2D eigenvalue weighted by atomic mass is 14.2. The maximum atomic E-state index is 2.31. The van der Waals surface area contributed by atoms with Gasteiger partial charge in [-0.15, -0.1) is 0 Å². The molecular formula is C11H23. The Bertz CT molecular complexity index is 86.7. The van der Waals surface area contributed by atoms with Crippen LogP contribution in [-0.2, 0) is 0 Å². The standard InChI is InChI=1S/C11H23/c1-6-10(2)8-7-9-11(3,4)5/h6,10H,7-9H2,1-5H3. The third-order valence-electron chi connectivity index (χ3n) is 2.16. The van der Waals surface area contributed by atoms with Crippen molar-refractivity contribution in [1.29, 1.82) is 0 Å². The normalized spacial score (nSPS) is 15.0. The third kappa shape index (κ3) is 7.90. The lowest BCUT2D eigenvalue weighted by Gasteiger charge is -2.18. The van der Waals surface area contributed by atoms with Gasteiger partial charge >= 0.3 is 0 Å². The van der Waals surface area contributed by atoms with Crippen molar-refractivity contribution in [2.24, 2.45) is 11.3 Å². The molecule has 0 bridgehead atoms. The number of hydrogen-bond acceptors (Lipinski definition) is 0. The van der Waals surface area contributed by atoms with Gasteiger partial charge in [-0.05, 0) is 24.2 Å². The maximum Gasteiger partial charge on any atom is -0.0383 e. The van der Waals surface area contributed by atoms with Gasteiger partial charge < -0.3 is 0 Å². The molecule has 0 saturated carbocycles. The quantitative estimate of drug-likeness (QED) is 0.574. The van der Waals surface area contributed by atoms with Crippen LogP contribution in [0.25, 0.3) is 0 Å². The summed E-state index contributed by atoms with van der Waals surface area (Å²) >= 11 is 0. The van der Waals surface area contributed by atoms with Gasteiger partial charge in [-0.3, -0.25) is 0 Å². The number of rotatable bonds is 4. The second-order valence-corrected chi connectivity index (χ2v) is 4.76. The van der Waals surface area contributed by atoms with Gasteiger partial charge in [0.05, 0.1) is 0 Å². The molecule has 0 spiro atoms. The molecule has 0 heterocycles. The zero-order chi connectivity index (χ0) is 8.91. The first-order valence-corrected chi connectivity index (χ1v) is 4.75. The van der Waals surface area contributed by atoms with Crippen LogP contribution in [0.3, 0.4) is 0 Å². The molecule has 0 heteroatoms. The van der Waals surface area contributed by atoms with Crippen LogP contribution in [0.5, 0.6) is 0 Å². The summed E-state index contributed by atoms with van der Waals surface area (Å²) in [6.07, 6.45) is 6.37. The van der Waals surface area contributed by atoms with Crippen LogP contribution in [0.1, 0.15) is 53.9 Å². The Morgan fingerprint density at radius 2 is 1.82 bits per heavy atom. The zero-order valence-corrected chi connectivity index (χ0v) is 8.78. The molecule has 0 rings (SSSR count). The molecule has 0 aromatic rings. The molecule has 0 aromatic heterocycles. The summed E-state index contributed by atoms with van der Waals surface area (Å²) in [5.41, 5.74) is 0.521.